The number of aliphatic hydroxyl groups excluding tert-OH is 1. The first kappa shape index (κ1) is 14.0. The van der Waals surface area contributed by atoms with Crippen molar-refractivity contribution >= 4 is 0 Å². The fourth-order valence-corrected chi connectivity index (χ4v) is 2.52. The first-order valence-electron chi connectivity index (χ1n) is 7.14. The number of ether oxygens (including phenoxy) is 1. The second-order valence-electron chi connectivity index (χ2n) is 5.41. The molecule has 2 fully saturated rings. The van der Waals surface area contributed by atoms with Crippen LogP contribution < -0.4 is 5.32 Å². The second kappa shape index (κ2) is 7.24. The maximum atomic E-state index is 9.01. The van der Waals surface area contributed by atoms with Gasteiger partial charge in [-0.3, -0.25) is 4.90 Å². The van der Waals surface area contributed by atoms with Crippen LogP contribution in [0.4, 0.5) is 0 Å². The Labute approximate surface area is 110 Å². The highest BCUT2D eigenvalue weighted by Gasteiger charge is 2.28. The van der Waals surface area contributed by atoms with Gasteiger partial charge in [-0.25, -0.2) is 0 Å². The lowest BCUT2D eigenvalue weighted by Crippen LogP contribution is -2.36. The minimum absolute atomic E-state index is 0.202. The molecule has 2 rings (SSSR count). The minimum atomic E-state index is 0.202. The number of aliphatic hydroxyl groups is 1. The summed E-state index contributed by atoms with van der Waals surface area (Å²) in [5, 5.41) is 12.5. The topological polar surface area (TPSA) is 44.7 Å². The molecule has 2 N–H and O–H groups in total. The van der Waals surface area contributed by atoms with Gasteiger partial charge >= 0.3 is 0 Å². The smallest absolute Gasteiger partial charge is 0.0707 e. The molecule has 0 amide bonds. The number of rotatable bonds is 9. The Morgan fingerprint density at radius 1 is 1.28 bits per heavy atom. The largest absolute Gasteiger partial charge is 0.395 e. The zero-order valence-corrected chi connectivity index (χ0v) is 11.2. The summed E-state index contributed by atoms with van der Waals surface area (Å²) in [6, 6.07) is 0.763. The SMILES string of the molecule is C=CCN(CCO)CC1CCC(CNC2CC2)O1. The monoisotopic (exact) mass is 254 g/mol. The molecule has 0 bridgehead atoms. The van der Waals surface area contributed by atoms with E-state index in [1.807, 2.05) is 6.08 Å². The molecule has 1 aliphatic heterocycles. The van der Waals surface area contributed by atoms with Crippen LogP contribution in [0.3, 0.4) is 0 Å². The van der Waals surface area contributed by atoms with Crippen LogP contribution in [0.2, 0.25) is 0 Å². The molecule has 2 atom stereocenters. The highest BCUT2D eigenvalue weighted by Crippen LogP contribution is 2.23. The lowest BCUT2D eigenvalue weighted by atomic mass is 10.2. The zero-order chi connectivity index (χ0) is 12.8. The number of nitrogens with zero attached hydrogens (tertiary/aromatic N) is 1. The summed E-state index contributed by atoms with van der Waals surface area (Å²) in [7, 11) is 0. The van der Waals surface area contributed by atoms with Gasteiger partial charge < -0.3 is 15.2 Å². The molecule has 1 saturated heterocycles. The van der Waals surface area contributed by atoms with E-state index in [0.717, 1.165) is 38.5 Å². The van der Waals surface area contributed by atoms with Crippen molar-refractivity contribution in [2.45, 2.75) is 43.9 Å². The molecule has 0 spiro atoms. The van der Waals surface area contributed by atoms with Crippen LogP contribution in [0.15, 0.2) is 12.7 Å². The van der Waals surface area contributed by atoms with Gasteiger partial charge in [0.2, 0.25) is 0 Å². The van der Waals surface area contributed by atoms with Gasteiger partial charge in [-0.2, -0.15) is 0 Å². The quantitative estimate of drug-likeness (QED) is 0.597. The van der Waals surface area contributed by atoms with Crippen molar-refractivity contribution in [3.05, 3.63) is 12.7 Å². The van der Waals surface area contributed by atoms with Crippen molar-refractivity contribution in [3.8, 4) is 0 Å². The Morgan fingerprint density at radius 3 is 2.72 bits per heavy atom. The first-order valence-corrected chi connectivity index (χ1v) is 7.14. The van der Waals surface area contributed by atoms with Gasteiger partial charge in [-0.15, -0.1) is 6.58 Å². The minimum Gasteiger partial charge on any atom is -0.395 e. The van der Waals surface area contributed by atoms with Gasteiger partial charge in [0.15, 0.2) is 0 Å². The normalized spacial score (nSPS) is 27.9. The molecular formula is C14H26N2O2. The molecule has 2 unspecified atom stereocenters. The van der Waals surface area contributed by atoms with E-state index in [-0.39, 0.29) is 6.61 Å². The molecular weight excluding hydrogens is 228 g/mol. The molecule has 2 aliphatic rings. The van der Waals surface area contributed by atoms with E-state index >= 15 is 0 Å². The van der Waals surface area contributed by atoms with Gasteiger partial charge in [0.25, 0.3) is 0 Å². The van der Waals surface area contributed by atoms with Gasteiger partial charge in [0.1, 0.15) is 0 Å². The standard InChI is InChI=1S/C14H26N2O2/c1-2-7-16(8-9-17)11-14-6-5-13(18-14)10-15-12-3-4-12/h2,12-15,17H,1,3-11H2. The molecule has 1 aliphatic carbocycles. The van der Waals surface area contributed by atoms with E-state index in [0.29, 0.717) is 18.8 Å². The number of hydrogen-bond donors (Lipinski definition) is 2. The first-order chi connectivity index (χ1) is 8.81. The van der Waals surface area contributed by atoms with Crippen molar-refractivity contribution in [1.29, 1.82) is 0 Å². The molecule has 1 heterocycles. The van der Waals surface area contributed by atoms with Crippen molar-refractivity contribution in [2.75, 3.05) is 32.8 Å². The van der Waals surface area contributed by atoms with E-state index in [1.54, 1.807) is 0 Å². The van der Waals surface area contributed by atoms with Crippen molar-refractivity contribution in [1.82, 2.24) is 10.2 Å². The molecule has 18 heavy (non-hydrogen) atoms. The molecule has 0 aromatic heterocycles. The third kappa shape index (κ3) is 4.69. The Balaban J connectivity index is 1.64. The fourth-order valence-electron chi connectivity index (χ4n) is 2.52. The average molecular weight is 254 g/mol. The lowest BCUT2D eigenvalue weighted by Gasteiger charge is -2.23. The Morgan fingerprint density at radius 2 is 2.06 bits per heavy atom. The predicted octanol–water partition coefficient (Wildman–Crippen LogP) is 0.766. The van der Waals surface area contributed by atoms with Crippen molar-refractivity contribution in [3.63, 3.8) is 0 Å². The molecule has 0 aromatic rings. The maximum absolute atomic E-state index is 9.01. The second-order valence-corrected chi connectivity index (χ2v) is 5.41. The van der Waals surface area contributed by atoms with Crippen molar-refractivity contribution in [2.24, 2.45) is 0 Å². The summed E-state index contributed by atoms with van der Waals surface area (Å²) in [5.41, 5.74) is 0. The Bertz CT molecular complexity index is 256. The van der Waals surface area contributed by atoms with Gasteiger partial charge in [0.05, 0.1) is 18.8 Å². The molecule has 4 nitrogen and oxygen atoms in total. The highest BCUT2D eigenvalue weighted by atomic mass is 16.5. The maximum Gasteiger partial charge on any atom is 0.0707 e. The molecule has 4 heteroatoms. The predicted molar refractivity (Wildman–Crippen MR) is 72.6 cm³/mol. The third-order valence-corrected chi connectivity index (χ3v) is 3.67. The zero-order valence-electron chi connectivity index (χ0n) is 11.2. The van der Waals surface area contributed by atoms with Crippen LogP contribution in [0.5, 0.6) is 0 Å². The summed E-state index contributed by atoms with van der Waals surface area (Å²) in [6.45, 7) is 7.40. The molecule has 0 aromatic carbocycles. The van der Waals surface area contributed by atoms with Crippen LogP contribution in [0.25, 0.3) is 0 Å². The van der Waals surface area contributed by atoms with Crippen LogP contribution in [-0.4, -0.2) is 61.0 Å². The van der Waals surface area contributed by atoms with Crippen LogP contribution in [0, 0.1) is 0 Å². The summed E-state index contributed by atoms with van der Waals surface area (Å²) >= 11 is 0. The van der Waals surface area contributed by atoms with E-state index in [1.165, 1.54) is 12.8 Å². The van der Waals surface area contributed by atoms with E-state index < -0.39 is 0 Å². The average Bonchev–Trinajstić information content (AvgIpc) is 3.08. The van der Waals surface area contributed by atoms with Gasteiger partial charge in [0, 0.05) is 32.2 Å². The van der Waals surface area contributed by atoms with E-state index in [2.05, 4.69) is 16.8 Å². The fraction of sp³-hybridized carbons (Fsp3) is 0.857. The summed E-state index contributed by atoms with van der Waals surface area (Å²) in [6.07, 6.45) is 7.55. The summed E-state index contributed by atoms with van der Waals surface area (Å²) in [5.74, 6) is 0. The van der Waals surface area contributed by atoms with E-state index in [4.69, 9.17) is 9.84 Å². The van der Waals surface area contributed by atoms with E-state index in [9.17, 15) is 0 Å². The van der Waals surface area contributed by atoms with Crippen LogP contribution in [-0.2, 0) is 4.74 Å². The Kier molecular flexibility index (Phi) is 5.63. The Hall–Kier alpha value is -0.420. The van der Waals surface area contributed by atoms with Crippen LogP contribution >= 0.6 is 0 Å². The highest BCUT2D eigenvalue weighted by molar-refractivity contribution is 4.85. The number of nitrogens with one attached hydrogen (secondary N) is 1. The molecule has 104 valence electrons. The number of hydrogen-bond acceptors (Lipinski definition) is 4. The van der Waals surface area contributed by atoms with Gasteiger partial charge in [-0.05, 0) is 25.7 Å². The summed E-state index contributed by atoms with van der Waals surface area (Å²) < 4.78 is 6.04. The van der Waals surface area contributed by atoms with Gasteiger partial charge in [-0.1, -0.05) is 6.08 Å². The lowest BCUT2D eigenvalue weighted by molar-refractivity contribution is 0.0227. The molecule has 1 saturated carbocycles. The summed E-state index contributed by atoms with van der Waals surface area (Å²) in [4.78, 5) is 2.20. The third-order valence-electron chi connectivity index (χ3n) is 3.67. The molecule has 0 radical (unpaired) electrons. The van der Waals surface area contributed by atoms with Crippen molar-refractivity contribution < 1.29 is 9.84 Å². The van der Waals surface area contributed by atoms with Crippen LogP contribution in [0.1, 0.15) is 25.7 Å².